The number of hydrogen-bond donors (Lipinski definition) is 0. The number of carbonyl (C=O) groups excluding carboxylic acids is 2. The second kappa shape index (κ2) is 8.55. The maximum absolute atomic E-state index is 14.6. The van der Waals surface area contributed by atoms with Crippen LogP contribution in [0.3, 0.4) is 0 Å². The third kappa shape index (κ3) is 4.20. The summed E-state index contributed by atoms with van der Waals surface area (Å²) in [6.07, 6.45) is 3.24. The van der Waals surface area contributed by atoms with Gasteiger partial charge in [0.2, 0.25) is 5.91 Å². The van der Waals surface area contributed by atoms with Gasteiger partial charge in [-0.15, -0.1) is 16.4 Å². The second-order valence-electron chi connectivity index (χ2n) is 7.75. The molecule has 1 aliphatic heterocycles. The summed E-state index contributed by atoms with van der Waals surface area (Å²) >= 11 is 1.48. The molecule has 0 unspecified atom stereocenters. The zero-order valence-corrected chi connectivity index (χ0v) is 18.4. The van der Waals surface area contributed by atoms with Crippen molar-refractivity contribution in [3.8, 4) is 0 Å². The first kappa shape index (κ1) is 21.1. The van der Waals surface area contributed by atoms with E-state index >= 15 is 0 Å². The average Bonchev–Trinajstić information content (AvgIpc) is 3.26. The van der Waals surface area contributed by atoms with Crippen molar-refractivity contribution in [1.29, 1.82) is 0 Å². The quantitative estimate of drug-likeness (QED) is 0.626. The fourth-order valence-electron chi connectivity index (χ4n) is 3.77. The molecule has 0 N–H and O–H groups in total. The molecule has 0 aliphatic carbocycles. The molecule has 31 heavy (non-hydrogen) atoms. The van der Waals surface area contributed by atoms with E-state index in [1.165, 1.54) is 22.3 Å². The van der Waals surface area contributed by atoms with Crippen molar-refractivity contribution in [2.45, 2.75) is 33.2 Å². The summed E-state index contributed by atoms with van der Waals surface area (Å²) in [5.74, 6) is -1.26. The molecule has 159 valence electrons. The molecule has 1 radical (unpaired) electrons. The van der Waals surface area contributed by atoms with Crippen molar-refractivity contribution in [2.24, 2.45) is 0 Å². The van der Waals surface area contributed by atoms with Gasteiger partial charge >= 0.3 is 0 Å². The lowest BCUT2D eigenvalue weighted by Gasteiger charge is -2.38. The topological polar surface area (TPSA) is 66.4 Å². The molecule has 1 fully saturated rings. The monoisotopic (exact) mass is 437 g/mol. The molecule has 1 atom stereocenters. The van der Waals surface area contributed by atoms with Gasteiger partial charge in [-0.2, -0.15) is 5.10 Å². The molecule has 1 aromatic carbocycles. The number of piperazine rings is 1. The summed E-state index contributed by atoms with van der Waals surface area (Å²) in [5, 5.41) is 10.8. The lowest BCUT2D eigenvalue weighted by molar-refractivity contribution is -0.121. The highest BCUT2D eigenvalue weighted by Gasteiger charge is 2.34. The summed E-state index contributed by atoms with van der Waals surface area (Å²) in [4.78, 5) is 29.0. The van der Waals surface area contributed by atoms with Gasteiger partial charge in [-0.3, -0.25) is 14.5 Å². The highest BCUT2D eigenvalue weighted by Crippen LogP contribution is 2.27. The number of benzene rings is 1. The van der Waals surface area contributed by atoms with Crippen LogP contribution in [-0.4, -0.2) is 46.0 Å². The van der Waals surface area contributed by atoms with Gasteiger partial charge in [0.15, 0.2) is 0 Å². The van der Waals surface area contributed by atoms with Gasteiger partial charge in [0.05, 0.1) is 22.3 Å². The molecule has 4 rings (SSSR count). The summed E-state index contributed by atoms with van der Waals surface area (Å²) < 4.78 is 14.6. The van der Waals surface area contributed by atoms with Gasteiger partial charge in [-0.25, -0.2) is 4.39 Å². The molecule has 3 aromatic rings. The zero-order chi connectivity index (χ0) is 22.1. The Labute approximate surface area is 184 Å². The summed E-state index contributed by atoms with van der Waals surface area (Å²) in [6.45, 7) is 5.99. The van der Waals surface area contributed by atoms with Crippen molar-refractivity contribution in [1.82, 2.24) is 15.1 Å². The van der Waals surface area contributed by atoms with Crippen LogP contribution in [0.1, 0.15) is 39.7 Å². The molecule has 3 heterocycles. The van der Waals surface area contributed by atoms with Crippen LogP contribution in [0.15, 0.2) is 35.7 Å². The molecule has 2 aromatic heterocycles. The minimum atomic E-state index is -0.602. The first-order valence-electron chi connectivity index (χ1n) is 9.99. The Morgan fingerprint density at radius 3 is 2.84 bits per heavy atom. The molecule has 8 heteroatoms. The van der Waals surface area contributed by atoms with Crippen LogP contribution in [0, 0.1) is 25.9 Å². The summed E-state index contributed by atoms with van der Waals surface area (Å²) in [5.41, 5.74) is 3.35. The maximum atomic E-state index is 14.6. The number of amides is 2. The molecular weight excluding hydrogens is 415 g/mol. The Morgan fingerprint density at radius 1 is 1.32 bits per heavy atom. The fraction of sp³-hybridized carbons (Fsp3) is 0.304. The van der Waals surface area contributed by atoms with E-state index in [0.717, 1.165) is 27.4 Å². The number of hydrogen-bond acceptors (Lipinski definition) is 5. The van der Waals surface area contributed by atoms with Gasteiger partial charge in [-0.05, 0) is 67.1 Å². The molecule has 2 amide bonds. The van der Waals surface area contributed by atoms with Crippen molar-refractivity contribution in [3.05, 3.63) is 75.7 Å². The lowest BCUT2D eigenvalue weighted by Crippen LogP contribution is -2.57. The average molecular weight is 438 g/mol. The Kier molecular flexibility index (Phi) is 5.82. The highest BCUT2D eigenvalue weighted by molar-refractivity contribution is 7.14. The number of carbonyl (C=O) groups is 2. The first-order chi connectivity index (χ1) is 14.8. The molecule has 1 saturated heterocycles. The minimum Gasteiger partial charge on any atom is -0.327 e. The summed E-state index contributed by atoms with van der Waals surface area (Å²) in [6, 6.07) is 8.05. The molecular formula is C23H22FN4O2S. The highest BCUT2D eigenvalue weighted by atomic mass is 32.1. The molecule has 0 spiro atoms. The first-order valence-corrected chi connectivity index (χ1v) is 10.9. The van der Waals surface area contributed by atoms with Crippen LogP contribution >= 0.6 is 11.3 Å². The number of aryl methyl sites for hydroxylation is 1. The SMILES string of the molecule is Cc1[c]nnc(Cc2ccc(F)c(C(=O)N3CC(=O)N(c4cccs4)[C@H](C)C3)c2)c1C. The minimum absolute atomic E-state index is 0.0353. The van der Waals surface area contributed by atoms with E-state index in [9.17, 15) is 14.0 Å². The fourth-order valence-corrected chi connectivity index (χ4v) is 4.61. The maximum Gasteiger partial charge on any atom is 0.257 e. The van der Waals surface area contributed by atoms with Crippen LogP contribution in [0.25, 0.3) is 0 Å². The van der Waals surface area contributed by atoms with Gasteiger partial charge in [-0.1, -0.05) is 6.07 Å². The second-order valence-corrected chi connectivity index (χ2v) is 8.68. The van der Waals surface area contributed by atoms with Gasteiger partial charge in [0.25, 0.3) is 5.91 Å². The van der Waals surface area contributed by atoms with Crippen LogP contribution in [-0.2, 0) is 11.2 Å². The van der Waals surface area contributed by atoms with Crippen LogP contribution in [0.4, 0.5) is 9.39 Å². The predicted molar refractivity (Wildman–Crippen MR) is 117 cm³/mol. The van der Waals surface area contributed by atoms with E-state index in [2.05, 4.69) is 16.4 Å². The van der Waals surface area contributed by atoms with Crippen molar-refractivity contribution in [3.63, 3.8) is 0 Å². The van der Waals surface area contributed by atoms with Crippen LogP contribution in [0.2, 0.25) is 0 Å². The number of nitrogens with zero attached hydrogens (tertiary/aromatic N) is 4. The molecule has 0 bridgehead atoms. The van der Waals surface area contributed by atoms with E-state index in [4.69, 9.17) is 0 Å². The van der Waals surface area contributed by atoms with E-state index in [1.54, 1.807) is 17.0 Å². The lowest BCUT2D eigenvalue weighted by atomic mass is 10.0. The van der Waals surface area contributed by atoms with Crippen LogP contribution in [0.5, 0.6) is 0 Å². The predicted octanol–water partition coefficient (Wildman–Crippen LogP) is 3.56. The Hall–Kier alpha value is -3.13. The number of thiophene rings is 1. The normalized spacial score (nSPS) is 16.6. The van der Waals surface area contributed by atoms with Crippen molar-refractivity contribution >= 4 is 28.2 Å². The van der Waals surface area contributed by atoms with E-state index < -0.39 is 11.7 Å². The van der Waals surface area contributed by atoms with Gasteiger partial charge in [0, 0.05) is 13.0 Å². The number of halogens is 1. The van der Waals surface area contributed by atoms with E-state index in [-0.39, 0.29) is 24.1 Å². The van der Waals surface area contributed by atoms with Gasteiger partial charge in [0.1, 0.15) is 18.6 Å². The van der Waals surface area contributed by atoms with Crippen LogP contribution < -0.4 is 4.90 Å². The summed E-state index contributed by atoms with van der Waals surface area (Å²) in [7, 11) is 0. The molecule has 6 nitrogen and oxygen atoms in total. The molecule has 0 saturated carbocycles. The Balaban J connectivity index is 1.55. The number of rotatable bonds is 4. The third-order valence-corrected chi connectivity index (χ3v) is 6.44. The van der Waals surface area contributed by atoms with Crippen molar-refractivity contribution < 1.29 is 14.0 Å². The van der Waals surface area contributed by atoms with E-state index in [0.29, 0.717) is 13.0 Å². The van der Waals surface area contributed by atoms with E-state index in [1.807, 2.05) is 38.3 Å². The molecule has 1 aliphatic rings. The Bertz CT molecular complexity index is 1130. The standard InChI is InChI=1S/C23H22FN4O2S/c1-14-11-25-26-20(16(14)3)10-17-6-7-19(24)18(9-17)23(30)27-12-15(2)28(21(29)13-27)22-5-4-8-31-22/h4-9,15H,10,12-13H2,1-3H3/t15-/m1/s1. The smallest absolute Gasteiger partial charge is 0.257 e. The largest absolute Gasteiger partial charge is 0.327 e. The van der Waals surface area contributed by atoms with Gasteiger partial charge < -0.3 is 4.90 Å². The van der Waals surface area contributed by atoms with Crippen molar-refractivity contribution in [2.75, 3.05) is 18.0 Å². The zero-order valence-electron chi connectivity index (χ0n) is 17.6. The number of anilines is 1. The third-order valence-electron chi connectivity index (χ3n) is 5.57. The Morgan fingerprint density at radius 2 is 2.13 bits per heavy atom. The number of aromatic nitrogens is 2.